The lowest BCUT2D eigenvalue weighted by molar-refractivity contribution is 1.15. The molecule has 0 bridgehead atoms. The van der Waals surface area contributed by atoms with Gasteiger partial charge in [-0.2, -0.15) is 0 Å². The highest BCUT2D eigenvalue weighted by molar-refractivity contribution is 9.08. The molecular weight excluding hydrogens is 280 g/mol. The summed E-state index contributed by atoms with van der Waals surface area (Å²) in [6.45, 7) is 2.18. The van der Waals surface area contributed by atoms with Crippen LogP contribution in [0.25, 0.3) is 10.1 Å². The van der Waals surface area contributed by atoms with E-state index < -0.39 is 0 Å². The van der Waals surface area contributed by atoms with Crippen molar-refractivity contribution in [1.82, 2.24) is 0 Å². The molecule has 3 heteroatoms. The number of thiophene rings is 1. The molecule has 0 unspecified atom stereocenters. The summed E-state index contributed by atoms with van der Waals surface area (Å²) in [4.78, 5) is 0. The number of aryl methyl sites for hydroxylation is 1. The van der Waals surface area contributed by atoms with Crippen LogP contribution in [0.15, 0.2) is 17.5 Å². The Balaban J connectivity index is 2.80. The van der Waals surface area contributed by atoms with E-state index in [1.807, 2.05) is 0 Å². The largest absolute Gasteiger partial charge is 0.142 e. The minimum Gasteiger partial charge on any atom is -0.142 e. The molecular formula is C11H10BrClS. The second-order valence-electron chi connectivity index (χ2n) is 3.16. The molecule has 0 nitrogen and oxygen atoms in total. The van der Waals surface area contributed by atoms with Crippen LogP contribution in [0.5, 0.6) is 0 Å². The highest BCUT2D eigenvalue weighted by Gasteiger charge is 2.09. The molecule has 1 aromatic heterocycles. The van der Waals surface area contributed by atoms with Crippen LogP contribution in [-0.2, 0) is 11.8 Å². The number of fused-ring (bicyclic) bond motifs is 1. The molecule has 0 radical (unpaired) electrons. The maximum absolute atomic E-state index is 6.29. The first kappa shape index (κ1) is 10.5. The van der Waals surface area contributed by atoms with Crippen molar-refractivity contribution in [2.24, 2.45) is 0 Å². The highest BCUT2D eigenvalue weighted by Crippen LogP contribution is 2.35. The van der Waals surface area contributed by atoms with Crippen molar-refractivity contribution >= 4 is 49.0 Å². The van der Waals surface area contributed by atoms with Gasteiger partial charge in [-0.1, -0.05) is 40.5 Å². The highest BCUT2D eigenvalue weighted by atomic mass is 79.9. The molecule has 14 heavy (non-hydrogen) atoms. The average Bonchev–Trinajstić information content (AvgIpc) is 2.68. The van der Waals surface area contributed by atoms with E-state index in [0.717, 1.165) is 16.8 Å². The smallest absolute Gasteiger partial charge is 0.0624 e. The average molecular weight is 290 g/mol. The molecule has 1 aromatic carbocycles. The van der Waals surface area contributed by atoms with Gasteiger partial charge in [0.25, 0.3) is 0 Å². The minimum absolute atomic E-state index is 0.826. The van der Waals surface area contributed by atoms with Crippen molar-refractivity contribution in [2.45, 2.75) is 18.7 Å². The topological polar surface area (TPSA) is 0 Å². The fourth-order valence-corrected chi connectivity index (χ4v) is 3.48. The van der Waals surface area contributed by atoms with Gasteiger partial charge in [0.05, 0.1) is 9.72 Å². The fraction of sp³-hybridized carbons (Fsp3) is 0.273. The first-order valence-electron chi connectivity index (χ1n) is 4.51. The molecule has 0 saturated carbocycles. The molecule has 0 N–H and O–H groups in total. The van der Waals surface area contributed by atoms with Gasteiger partial charge in [-0.25, -0.2) is 0 Å². The van der Waals surface area contributed by atoms with Gasteiger partial charge in [0.2, 0.25) is 0 Å². The van der Waals surface area contributed by atoms with Gasteiger partial charge in [0.15, 0.2) is 0 Å². The first-order valence-corrected chi connectivity index (χ1v) is 6.89. The van der Waals surface area contributed by atoms with Crippen LogP contribution in [0.3, 0.4) is 0 Å². The normalized spacial score (nSPS) is 11.1. The van der Waals surface area contributed by atoms with Gasteiger partial charge in [-0.05, 0) is 34.4 Å². The van der Waals surface area contributed by atoms with E-state index in [1.165, 1.54) is 21.2 Å². The Kier molecular flexibility index (Phi) is 3.15. The maximum atomic E-state index is 6.29. The lowest BCUT2D eigenvalue weighted by Gasteiger charge is -2.06. The second kappa shape index (κ2) is 4.21. The number of hydrogen-bond donors (Lipinski definition) is 0. The summed E-state index contributed by atoms with van der Waals surface area (Å²) in [5.41, 5.74) is 2.58. The lowest BCUT2D eigenvalue weighted by atomic mass is 10.1. The van der Waals surface area contributed by atoms with Gasteiger partial charge >= 0.3 is 0 Å². The van der Waals surface area contributed by atoms with E-state index in [2.05, 4.69) is 40.4 Å². The summed E-state index contributed by atoms with van der Waals surface area (Å²) in [5.74, 6) is 0. The van der Waals surface area contributed by atoms with Crippen LogP contribution in [-0.4, -0.2) is 0 Å². The van der Waals surface area contributed by atoms with Gasteiger partial charge < -0.3 is 0 Å². The number of benzene rings is 1. The van der Waals surface area contributed by atoms with Crippen molar-refractivity contribution < 1.29 is 0 Å². The molecule has 1 heterocycles. The third-order valence-corrected chi connectivity index (χ3v) is 4.45. The van der Waals surface area contributed by atoms with Crippen molar-refractivity contribution in [2.75, 3.05) is 0 Å². The van der Waals surface area contributed by atoms with Gasteiger partial charge in [0, 0.05) is 5.33 Å². The molecule has 74 valence electrons. The van der Waals surface area contributed by atoms with Crippen molar-refractivity contribution in [3.8, 4) is 0 Å². The number of halogens is 2. The summed E-state index contributed by atoms with van der Waals surface area (Å²) < 4.78 is 1.22. The van der Waals surface area contributed by atoms with E-state index in [1.54, 1.807) is 11.3 Å². The van der Waals surface area contributed by atoms with Crippen LogP contribution >= 0.6 is 38.9 Å². The SMILES string of the molecule is CCc1cc(CBr)c(Cl)c2sccc12. The van der Waals surface area contributed by atoms with E-state index >= 15 is 0 Å². The summed E-state index contributed by atoms with van der Waals surface area (Å²) in [5, 5.41) is 5.15. The molecule has 0 atom stereocenters. The third kappa shape index (κ3) is 1.60. The second-order valence-corrected chi connectivity index (χ2v) is 5.01. The summed E-state index contributed by atoms with van der Waals surface area (Å²) in [6, 6.07) is 4.36. The Labute approximate surface area is 101 Å². The zero-order chi connectivity index (χ0) is 10.1. The Morgan fingerprint density at radius 3 is 2.86 bits per heavy atom. The molecule has 0 saturated heterocycles. The van der Waals surface area contributed by atoms with E-state index in [-0.39, 0.29) is 0 Å². The Bertz CT molecular complexity index is 462. The van der Waals surface area contributed by atoms with Crippen LogP contribution in [0.2, 0.25) is 5.02 Å². The maximum Gasteiger partial charge on any atom is 0.0624 e. The molecule has 2 aromatic rings. The van der Waals surface area contributed by atoms with E-state index in [9.17, 15) is 0 Å². The Hall–Kier alpha value is -0.0500. The van der Waals surface area contributed by atoms with E-state index in [0.29, 0.717) is 0 Å². The zero-order valence-electron chi connectivity index (χ0n) is 7.81. The minimum atomic E-state index is 0.826. The predicted molar refractivity (Wildman–Crippen MR) is 68.8 cm³/mol. The van der Waals surface area contributed by atoms with Crippen LogP contribution in [0.4, 0.5) is 0 Å². The monoisotopic (exact) mass is 288 g/mol. The van der Waals surface area contributed by atoms with Crippen LogP contribution in [0, 0.1) is 0 Å². The summed E-state index contributed by atoms with van der Waals surface area (Å²) >= 11 is 11.5. The van der Waals surface area contributed by atoms with Crippen molar-refractivity contribution in [1.29, 1.82) is 0 Å². The molecule has 0 fully saturated rings. The molecule has 2 rings (SSSR count). The number of alkyl halides is 1. The predicted octanol–water partition coefficient (Wildman–Crippen LogP) is 5.01. The quantitative estimate of drug-likeness (QED) is 0.682. The van der Waals surface area contributed by atoms with Gasteiger partial charge in [-0.15, -0.1) is 11.3 Å². The van der Waals surface area contributed by atoms with Crippen LogP contribution in [0.1, 0.15) is 18.1 Å². The zero-order valence-corrected chi connectivity index (χ0v) is 11.0. The number of hydrogen-bond acceptors (Lipinski definition) is 1. The van der Waals surface area contributed by atoms with Gasteiger partial charge in [0.1, 0.15) is 0 Å². The summed E-state index contributed by atoms with van der Waals surface area (Å²) in [7, 11) is 0. The molecule has 0 aliphatic heterocycles. The third-order valence-electron chi connectivity index (χ3n) is 2.37. The van der Waals surface area contributed by atoms with Crippen LogP contribution < -0.4 is 0 Å². The van der Waals surface area contributed by atoms with Crippen molar-refractivity contribution in [3.63, 3.8) is 0 Å². The summed E-state index contributed by atoms with van der Waals surface area (Å²) in [6.07, 6.45) is 1.06. The standard InChI is InChI=1S/C11H10BrClS/c1-2-7-5-8(6-12)10(13)11-9(7)3-4-14-11/h3-5H,2,6H2,1H3. The fourth-order valence-electron chi connectivity index (χ4n) is 1.62. The number of rotatable bonds is 2. The molecule has 0 aliphatic rings. The van der Waals surface area contributed by atoms with Gasteiger partial charge in [-0.3, -0.25) is 0 Å². The Morgan fingerprint density at radius 2 is 2.21 bits per heavy atom. The molecule has 0 aliphatic carbocycles. The molecule has 0 amide bonds. The lowest BCUT2D eigenvalue weighted by Crippen LogP contribution is -1.87. The Morgan fingerprint density at radius 1 is 1.43 bits per heavy atom. The van der Waals surface area contributed by atoms with E-state index in [4.69, 9.17) is 11.6 Å². The first-order chi connectivity index (χ1) is 6.77. The molecule has 0 spiro atoms. The van der Waals surface area contributed by atoms with Crippen molar-refractivity contribution in [3.05, 3.63) is 33.7 Å².